The number of rotatable bonds is 2. The molecule has 0 radical (unpaired) electrons. The number of amides is 2. The van der Waals surface area contributed by atoms with Crippen LogP contribution in [0.1, 0.15) is 6.42 Å². The van der Waals surface area contributed by atoms with Crippen molar-refractivity contribution in [2.75, 3.05) is 23.9 Å². The number of ether oxygens (including phenoxy) is 1. The molecule has 2 rings (SSSR count). The Kier molecular flexibility index (Phi) is 3.15. The molecule has 1 aromatic carbocycles. The Hall–Kier alpha value is -2.55. The lowest BCUT2D eigenvalue weighted by Crippen LogP contribution is -2.27. The smallest absolute Gasteiger partial charge is 0.262 e. The number of fused-ring (bicyclic) bond motifs is 1. The summed E-state index contributed by atoms with van der Waals surface area (Å²) in [6, 6.07) is 6.82. The summed E-state index contributed by atoms with van der Waals surface area (Å²) in [7, 11) is 1.58. The van der Waals surface area contributed by atoms with Gasteiger partial charge in [0.05, 0.1) is 11.8 Å². The molecule has 0 unspecified atom stereocenters. The van der Waals surface area contributed by atoms with E-state index in [0.717, 1.165) is 0 Å². The van der Waals surface area contributed by atoms with Crippen molar-refractivity contribution in [1.82, 2.24) is 0 Å². The molecule has 1 aliphatic heterocycles. The van der Waals surface area contributed by atoms with Crippen molar-refractivity contribution >= 4 is 23.2 Å². The van der Waals surface area contributed by atoms with Crippen LogP contribution in [-0.2, 0) is 9.59 Å². The normalized spacial score (nSPS) is 12.8. The SMILES string of the molecule is CN(C(=O)CC#N)c1ccc2c(c1)NC(=O)CO2. The second-order valence-electron chi connectivity index (χ2n) is 3.80. The van der Waals surface area contributed by atoms with Crippen molar-refractivity contribution in [2.45, 2.75) is 6.42 Å². The molecular weight excluding hydrogens is 234 g/mol. The van der Waals surface area contributed by atoms with E-state index in [1.54, 1.807) is 31.3 Å². The highest BCUT2D eigenvalue weighted by Gasteiger charge is 2.18. The Morgan fingerprint density at radius 3 is 3.11 bits per heavy atom. The summed E-state index contributed by atoms with van der Waals surface area (Å²) >= 11 is 0. The summed E-state index contributed by atoms with van der Waals surface area (Å²) in [5.41, 5.74) is 1.13. The Morgan fingerprint density at radius 2 is 2.39 bits per heavy atom. The lowest BCUT2D eigenvalue weighted by Gasteiger charge is -2.21. The molecule has 92 valence electrons. The fraction of sp³-hybridized carbons (Fsp3) is 0.250. The lowest BCUT2D eigenvalue weighted by atomic mass is 10.2. The molecule has 0 spiro atoms. The van der Waals surface area contributed by atoms with Gasteiger partial charge in [0, 0.05) is 12.7 Å². The molecule has 6 heteroatoms. The second kappa shape index (κ2) is 4.75. The summed E-state index contributed by atoms with van der Waals surface area (Å²) < 4.78 is 5.21. The van der Waals surface area contributed by atoms with E-state index in [1.807, 2.05) is 0 Å². The van der Waals surface area contributed by atoms with E-state index in [1.165, 1.54) is 4.90 Å². The van der Waals surface area contributed by atoms with E-state index in [9.17, 15) is 9.59 Å². The molecule has 18 heavy (non-hydrogen) atoms. The first-order chi connectivity index (χ1) is 8.61. The monoisotopic (exact) mass is 245 g/mol. The number of anilines is 2. The van der Waals surface area contributed by atoms with Crippen LogP contribution >= 0.6 is 0 Å². The minimum absolute atomic E-state index is 0.00442. The zero-order valence-electron chi connectivity index (χ0n) is 9.77. The summed E-state index contributed by atoms with van der Waals surface area (Å²) in [6.07, 6.45) is -0.184. The van der Waals surface area contributed by atoms with Gasteiger partial charge in [-0.25, -0.2) is 0 Å². The quantitative estimate of drug-likeness (QED) is 0.838. The highest BCUT2D eigenvalue weighted by molar-refractivity contribution is 5.98. The van der Waals surface area contributed by atoms with E-state index < -0.39 is 0 Å². The average molecular weight is 245 g/mol. The van der Waals surface area contributed by atoms with Gasteiger partial charge in [0.15, 0.2) is 6.61 Å². The van der Waals surface area contributed by atoms with Gasteiger partial charge in [0.2, 0.25) is 5.91 Å². The van der Waals surface area contributed by atoms with Gasteiger partial charge in [0.1, 0.15) is 12.2 Å². The van der Waals surface area contributed by atoms with E-state index in [0.29, 0.717) is 17.1 Å². The van der Waals surface area contributed by atoms with Crippen molar-refractivity contribution in [3.63, 3.8) is 0 Å². The number of carbonyl (C=O) groups is 2. The van der Waals surface area contributed by atoms with Gasteiger partial charge in [-0.2, -0.15) is 5.26 Å². The zero-order valence-corrected chi connectivity index (χ0v) is 9.77. The third-order valence-corrected chi connectivity index (χ3v) is 2.59. The van der Waals surface area contributed by atoms with Crippen molar-refractivity contribution < 1.29 is 14.3 Å². The third-order valence-electron chi connectivity index (χ3n) is 2.59. The predicted octanol–water partition coefficient (Wildman–Crippen LogP) is 0.894. The van der Waals surface area contributed by atoms with Crippen molar-refractivity contribution in [3.8, 4) is 11.8 Å². The Morgan fingerprint density at radius 1 is 1.61 bits per heavy atom. The standard InChI is InChI=1S/C12H11N3O3/c1-15(12(17)4-5-13)8-2-3-10-9(6-8)14-11(16)7-18-10/h2-3,6H,4,7H2,1H3,(H,14,16). The van der Waals surface area contributed by atoms with Gasteiger partial charge in [-0.05, 0) is 18.2 Å². The molecule has 0 saturated heterocycles. The molecule has 1 aliphatic rings. The maximum absolute atomic E-state index is 11.6. The van der Waals surface area contributed by atoms with Gasteiger partial charge in [-0.1, -0.05) is 0 Å². The Balaban J connectivity index is 2.26. The van der Waals surface area contributed by atoms with Gasteiger partial charge in [-0.3, -0.25) is 9.59 Å². The molecule has 0 aliphatic carbocycles. The maximum Gasteiger partial charge on any atom is 0.262 e. The molecule has 1 heterocycles. The first-order valence-corrected chi connectivity index (χ1v) is 5.32. The zero-order chi connectivity index (χ0) is 13.1. The molecule has 0 fully saturated rings. The van der Waals surface area contributed by atoms with Gasteiger partial charge < -0.3 is 15.0 Å². The van der Waals surface area contributed by atoms with Crippen LogP contribution in [-0.4, -0.2) is 25.5 Å². The lowest BCUT2D eigenvalue weighted by molar-refractivity contribution is -0.118. The van der Waals surface area contributed by atoms with Crippen LogP contribution in [0.15, 0.2) is 18.2 Å². The van der Waals surface area contributed by atoms with Crippen LogP contribution < -0.4 is 15.0 Å². The fourth-order valence-corrected chi connectivity index (χ4v) is 1.61. The number of hydrogen-bond acceptors (Lipinski definition) is 4. The van der Waals surface area contributed by atoms with E-state index in [-0.39, 0.29) is 24.8 Å². The molecule has 0 bridgehead atoms. The molecule has 0 aromatic heterocycles. The number of nitriles is 1. The summed E-state index contributed by atoms with van der Waals surface area (Å²) in [4.78, 5) is 24.1. The maximum atomic E-state index is 11.6. The topological polar surface area (TPSA) is 82.4 Å². The predicted molar refractivity (Wildman–Crippen MR) is 64.2 cm³/mol. The number of nitrogens with one attached hydrogen (secondary N) is 1. The largest absolute Gasteiger partial charge is 0.482 e. The average Bonchev–Trinajstić information content (AvgIpc) is 2.37. The first-order valence-electron chi connectivity index (χ1n) is 5.32. The molecule has 2 amide bonds. The van der Waals surface area contributed by atoms with Crippen LogP contribution in [0, 0.1) is 11.3 Å². The highest BCUT2D eigenvalue weighted by atomic mass is 16.5. The number of benzene rings is 1. The first kappa shape index (κ1) is 11.9. The Labute approximate surface area is 104 Å². The van der Waals surface area contributed by atoms with Crippen molar-refractivity contribution in [3.05, 3.63) is 18.2 Å². The van der Waals surface area contributed by atoms with E-state index >= 15 is 0 Å². The molecule has 1 aromatic rings. The number of hydrogen-bond donors (Lipinski definition) is 1. The summed E-state index contributed by atoms with van der Waals surface area (Å²) in [5.74, 6) is 0.0330. The summed E-state index contributed by atoms with van der Waals surface area (Å²) in [5, 5.41) is 11.1. The fourth-order valence-electron chi connectivity index (χ4n) is 1.61. The van der Waals surface area contributed by atoms with Crippen LogP contribution in [0.4, 0.5) is 11.4 Å². The Bertz CT molecular complexity index is 548. The van der Waals surface area contributed by atoms with Crippen LogP contribution in [0.3, 0.4) is 0 Å². The van der Waals surface area contributed by atoms with Crippen LogP contribution in [0.2, 0.25) is 0 Å². The van der Waals surface area contributed by atoms with Crippen molar-refractivity contribution in [2.24, 2.45) is 0 Å². The van der Waals surface area contributed by atoms with Crippen molar-refractivity contribution in [1.29, 1.82) is 5.26 Å². The number of nitrogens with zero attached hydrogens (tertiary/aromatic N) is 2. The summed E-state index contributed by atoms with van der Waals surface area (Å²) in [6.45, 7) is -0.00442. The van der Waals surface area contributed by atoms with Gasteiger partial charge in [-0.15, -0.1) is 0 Å². The molecule has 1 N–H and O–H groups in total. The number of carbonyl (C=O) groups excluding carboxylic acids is 2. The van der Waals surface area contributed by atoms with Crippen LogP contribution in [0.5, 0.6) is 5.75 Å². The molecule has 0 atom stereocenters. The van der Waals surface area contributed by atoms with Gasteiger partial charge in [0.25, 0.3) is 5.91 Å². The second-order valence-corrected chi connectivity index (χ2v) is 3.80. The minimum Gasteiger partial charge on any atom is -0.482 e. The van der Waals surface area contributed by atoms with Gasteiger partial charge >= 0.3 is 0 Å². The molecule has 0 saturated carbocycles. The third kappa shape index (κ3) is 2.25. The van der Waals surface area contributed by atoms with Crippen LogP contribution in [0.25, 0.3) is 0 Å². The molecule has 6 nitrogen and oxygen atoms in total. The van der Waals surface area contributed by atoms with E-state index in [4.69, 9.17) is 10.00 Å². The molecular formula is C12H11N3O3. The highest BCUT2D eigenvalue weighted by Crippen LogP contribution is 2.31. The minimum atomic E-state index is -0.305. The van der Waals surface area contributed by atoms with E-state index in [2.05, 4.69) is 5.32 Å².